The molecule has 3 rings (SSSR count). The van der Waals surface area contributed by atoms with Crippen LogP contribution < -0.4 is 16.2 Å². The summed E-state index contributed by atoms with van der Waals surface area (Å²) in [6.07, 6.45) is 1.53. The second kappa shape index (κ2) is 9.09. The van der Waals surface area contributed by atoms with Crippen LogP contribution in [-0.2, 0) is 22.7 Å². The zero-order chi connectivity index (χ0) is 18.2. The molecule has 0 saturated heterocycles. The number of nitrogen functional groups attached to an aromatic ring is 1. The molecule has 0 saturated carbocycles. The van der Waals surface area contributed by atoms with Crippen molar-refractivity contribution in [3.63, 3.8) is 0 Å². The lowest BCUT2D eigenvalue weighted by Crippen LogP contribution is -2.11. The Morgan fingerprint density at radius 3 is 2.42 bits per heavy atom. The van der Waals surface area contributed by atoms with Gasteiger partial charge in [-0.15, -0.1) is 0 Å². The SMILES string of the molecule is NCCOCCOCc1ccc(COc2nc(N)nc3[nH]cnc23)cc1. The van der Waals surface area contributed by atoms with E-state index in [1.54, 1.807) is 0 Å². The fourth-order valence-corrected chi connectivity index (χ4v) is 2.30. The van der Waals surface area contributed by atoms with Gasteiger partial charge in [-0.3, -0.25) is 0 Å². The molecule has 0 spiro atoms. The van der Waals surface area contributed by atoms with Gasteiger partial charge in [-0.2, -0.15) is 9.97 Å². The van der Waals surface area contributed by atoms with Gasteiger partial charge in [-0.25, -0.2) is 4.98 Å². The molecule has 0 bridgehead atoms. The maximum absolute atomic E-state index is 5.75. The van der Waals surface area contributed by atoms with Crippen molar-refractivity contribution in [1.29, 1.82) is 0 Å². The lowest BCUT2D eigenvalue weighted by Gasteiger charge is -2.08. The Kier molecular flexibility index (Phi) is 6.31. The minimum Gasteiger partial charge on any atom is -0.471 e. The highest BCUT2D eigenvalue weighted by Gasteiger charge is 2.10. The summed E-state index contributed by atoms with van der Waals surface area (Å²) in [7, 11) is 0. The topological polar surface area (TPSA) is 134 Å². The number of nitrogens with one attached hydrogen (secondary N) is 1. The van der Waals surface area contributed by atoms with Gasteiger partial charge in [0.05, 0.1) is 32.8 Å². The number of benzene rings is 1. The van der Waals surface area contributed by atoms with Crippen LogP contribution in [0, 0.1) is 0 Å². The van der Waals surface area contributed by atoms with E-state index in [0.29, 0.717) is 56.6 Å². The van der Waals surface area contributed by atoms with Crippen molar-refractivity contribution in [1.82, 2.24) is 19.9 Å². The smallest absolute Gasteiger partial charge is 0.247 e. The number of nitrogens with zero attached hydrogens (tertiary/aromatic N) is 3. The summed E-state index contributed by atoms with van der Waals surface area (Å²) in [6.45, 7) is 3.06. The van der Waals surface area contributed by atoms with Gasteiger partial charge in [0.25, 0.3) is 0 Å². The number of rotatable bonds is 10. The zero-order valence-electron chi connectivity index (χ0n) is 14.4. The molecule has 0 amide bonds. The number of H-pyrrole nitrogens is 1. The van der Waals surface area contributed by atoms with E-state index in [1.807, 2.05) is 24.3 Å². The first-order chi connectivity index (χ1) is 12.8. The van der Waals surface area contributed by atoms with Crippen LogP contribution in [0.25, 0.3) is 11.2 Å². The second-order valence-corrected chi connectivity index (χ2v) is 5.55. The molecule has 0 fully saturated rings. The number of anilines is 1. The number of hydrogen-bond acceptors (Lipinski definition) is 8. The fraction of sp³-hybridized carbons (Fsp3) is 0.353. The summed E-state index contributed by atoms with van der Waals surface area (Å²) >= 11 is 0. The number of nitrogens with two attached hydrogens (primary N) is 2. The molecule has 5 N–H and O–H groups in total. The van der Waals surface area contributed by atoms with Crippen LogP contribution in [0.1, 0.15) is 11.1 Å². The van der Waals surface area contributed by atoms with Crippen LogP contribution in [0.2, 0.25) is 0 Å². The Balaban J connectivity index is 1.49. The molecule has 2 aromatic heterocycles. The highest BCUT2D eigenvalue weighted by molar-refractivity contribution is 5.76. The third kappa shape index (κ3) is 4.88. The Hall–Kier alpha value is -2.75. The third-order valence-corrected chi connectivity index (χ3v) is 3.57. The van der Waals surface area contributed by atoms with Gasteiger partial charge in [0, 0.05) is 6.54 Å². The summed E-state index contributed by atoms with van der Waals surface area (Å²) in [5, 5.41) is 0. The lowest BCUT2D eigenvalue weighted by atomic mass is 10.1. The van der Waals surface area contributed by atoms with E-state index in [1.165, 1.54) is 6.33 Å². The lowest BCUT2D eigenvalue weighted by molar-refractivity contribution is 0.0433. The molecule has 9 heteroatoms. The largest absolute Gasteiger partial charge is 0.471 e. The van der Waals surface area contributed by atoms with Crippen LogP contribution in [-0.4, -0.2) is 46.3 Å². The number of ether oxygens (including phenoxy) is 3. The molecular formula is C17H22N6O3. The molecule has 0 atom stereocenters. The number of aromatic amines is 1. The second-order valence-electron chi connectivity index (χ2n) is 5.55. The Morgan fingerprint density at radius 1 is 0.923 bits per heavy atom. The van der Waals surface area contributed by atoms with Crippen LogP contribution >= 0.6 is 0 Å². The molecule has 0 unspecified atom stereocenters. The standard InChI is InChI=1S/C17H22N6O3/c18-5-6-24-7-8-25-9-12-1-3-13(4-2-12)10-26-16-14-15(21-11-20-14)22-17(19)23-16/h1-4,11H,5-10,18H2,(H3,19,20,21,22,23). The minimum atomic E-state index is 0.139. The monoisotopic (exact) mass is 358 g/mol. The average molecular weight is 358 g/mol. The van der Waals surface area contributed by atoms with Gasteiger partial charge in [-0.1, -0.05) is 24.3 Å². The molecule has 0 aliphatic carbocycles. The predicted molar refractivity (Wildman–Crippen MR) is 96.4 cm³/mol. The summed E-state index contributed by atoms with van der Waals surface area (Å²) < 4.78 is 16.6. The molecular weight excluding hydrogens is 336 g/mol. The van der Waals surface area contributed by atoms with E-state index < -0.39 is 0 Å². The highest BCUT2D eigenvalue weighted by Crippen LogP contribution is 2.20. The number of fused-ring (bicyclic) bond motifs is 1. The number of imidazole rings is 1. The summed E-state index contributed by atoms with van der Waals surface area (Å²) in [6, 6.07) is 7.96. The Labute approximate surface area is 150 Å². The van der Waals surface area contributed by atoms with Crippen molar-refractivity contribution < 1.29 is 14.2 Å². The molecule has 9 nitrogen and oxygen atoms in total. The predicted octanol–water partition coefficient (Wildman–Crippen LogP) is 1.01. The molecule has 26 heavy (non-hydrogen) atoms. The molecule has 0 radical (unpaired) electrons. The van der Waals surface area contributed by atoms with E-state index in [2.05, 4.69) is 19.9 Å². The summed E-state index contributed by atoms with van der Waals surface area (Å²) in [5.74, 6) is 0.498. The van der Waals surface area contributed by atoms with E-state index in [-0.39, 0.29) is 5.95 Å². The third-order valence-electron chi connectivity index (χ3n) is 3.57. The van der Waals surface area contributed by atoms with Crippen molar-refractivity contribution in [3.8, 4) is 5.88 Å². The Bertz CT molecular complexity index is 821. The first-order valence-electron chi connectivity index (χ1n) is 8.29. The quantitative estimate of drug-likeness (QED) is 0.457. The Morgan fingerprint density at radius 2 is 1.65 bits per heavy atom. The summed E-state index contributed by atoms with van der Waals surface area (Å²) in [4.78, 5) is 15.2. The molecule has 0 aliphatic heterocycles. The van der Waals surface area contributed by atoms with E-state index in [0.717, 1.165) is 11.1 Å². The minimum absolute atomic E-state index is 0.139. The first kappa shape index (κ1) is 18.1. The van der Waals surface area contributed by atoms with Gasteiger partial charge in [-0.05, 0) is 11.1 Å². The normalized spacial score (nSPS) is 11.1. The molecule has 2 heterocycles. The van der Waals surface area contributed by atoms with Gasteiger partial charge < -0.3 is 30.7 Å². The molecule has 1 aromatic carbocycles. The van der Waals surface area contributed by atoms with Crippen molar-refractivity contribution in [3.05, 3.63) is 41.7 Å². The maximum Gasteiger partial charge on any atom is 0.247 e. The first-order valence-corrected chi connectivity index (χ1v) is 8.29. The van der Waals surface area contributed by atoms with Gasteiger partial charge in [0.2, 0.25) is 11.8 Å². The van der Waals surface area contributed by atoms with Crippen LogP contribution in [0.3, 0.4) is 0 Å². The number of aromatic nitrogens is 4. The van der Waals surface area contributed by atoms with Gasteiger partial charge >= 0.3 is 0 Å². The average Bonchev–Trinajstić information content (AvgIpc) is 3.12. The molecule has 138 valence electrons. The number of hydrogen-bond donors (Lipinski definition) is 3. The van der Waals surface area contributed by atoms with Crippen LogP contribution in [0.4, 0.5) is 5.95 Å². The van der Waals surface area contributed by atoms with Crippen molar-refractivity contribution in [2.75, 3.05) is 32.1 Å². The van der Waals surface area contributed by atoms with Gasteiger partial charge in [0.15, 0.2) is 11.2 Å². The molecule has 0 aliphatic rings. The van der Waals surface area contributed by atoms with Crippen LogP contribution in [0.15, 0.2) is 30.6 Å². The van der Waals surface area contributed by atoms with Crippen molar-refractivity contribution >= 4 is 17.1 Å². The fourth-order valence-electron chi connectivity index (χ4n) is 2.30. The maximum atomic E-state index is 5.75. The van der Waals surface area contributed by atoms with Crippen molar-refractivity contribution in [2.45, 2.75) is 13.2 Å². The zero-order valence-corrected chi connectivity index (χ0v) is 14.4. The summed E-state index contributed by atoms with van der Waals surface area (Å²) in [5.41, 5.74) is 14.2. The highest BCUT2D eigenvalue weighted by atomic mass is 16.5. The van der Waals surface area contributed by atoms with Crippen LogP contribution in [0.5, 0.6) is 5.88 Å². The van der Waals surface area contributed by atoms with E-state index >= 15 is 0 Å². The van der Waals surface area contributed by atoms with E-state index in [4.69, 9.17) is 25.7 Å². The van der Waals surface area contributed by atoms with Gasteiger partial charge in [0.1, 0.15) is 6.61 Å². The van der Waals surface area contributed by atoms with Crippen molar-refractivity contribution in [2.24, 2.45) is 5.73 Å². The van der Waals surface area contributed by atoms with E-state index in [9.17, 15) is 0 Å². The molecule has 3 aromatic rings.